The third kappa shape index (κ3) is 3.54. The summed E-state index contributed by atoms with van der Waals surface area (Å²) < 4.78 is 0. The summed E-state index contributed by atoms with van der Waals surface area (Å²) in [5.74, 6) is -1.33. The number of aromatic nitrogens is 2. The number of hydrogen-bond donors (Lipinski definition) is 2. The number of carbonyl (C=O) groups is 3. The Balaban J connectivity index is 1.64. The smallest absolute Gasteiger partial charge is 0.314 e. The Hall–Kier alpha value is -3.29. The molecule has 0 bridgehead atoms. The maximum absolute atomic E-state index is 12.0. The Morgan fingerprint density at radius 3 is 2.50 bits per heavy atom. The van der Waals surface area contributed by atoms with Crippen molar-refractivity contribution in [1.82, 2.24) is 20.2 Å². The Morgan fingerprint density at radius 1 is 1.12 bits per heavy atom. The molecule has 2 aromatic rings. The molecule has 3 amide bonds. The van der Waals surface area contributed by atoms with Gasteiger partial charge in [0.1, 0.15) is 6.54 Å². The average Bonchev–Trinajstić information content (AvgIpc) is 2.62. The van der Waals surface area contributed by atoms with Gasteiger partial charge in [-0.15, -0.1) is 0 Å². The van der Waals surface area contributed by atoms with Crippen molar-refractivity contribution in [3.8, 4) is 11.4 Å². The van der Waals surface area contributed by atoms with Crippen molar-refractivity contribution in [3.63, 3.8) is 0 Å². The maximum atomic E-state index is 12.0. The highest BCUT2D eigenvalue weighted by atomic mass is 16.2. The van der Waals surface area contributed by atoms with E-state index in [-0.39, 0.29) is 12.5 Å². The van der Waals surface area contributed by atoms with E-state index < -0.39 is 11.8 Å². The fraction of sp³-hybridized carbons (Fsp3) is 0.188. The number of nitrogens with one attached hydrogen (secondary N) is 2. The standard InChI is InChI=1S/C16H15N5O3/c22-13-10-21(7-6-17-13)16(24)15(23)20-12-8-18-14(19-9-12)11-4-2-1-3-5-11/h1-5,8-9H,6-7,10H2,(H,17,22)(H,20,23). The molecule has 2 heterocycles. The molecular formula is C16H15N5O3. The van der Waals surface area contributed by atoms with Gasteiger partial charge in [0.15, 0.2) is 5.82 Å². The van der Waals surface area contributed by atoms with E-state index in [1.807, 2.05) is 30.3 Å². The highest BCUT2D eigenvalue weighted by Crippen LogP contribution is 2.14. The van der Waals surface area contributed by atoms with Crippen LogP contribution in [0.5, 0.6) is 0 Å². The van der Waals surface area contributed by atoms with Gasteiger partial charge in [-0.2, -0.15) is 0 Å². The van der Waals surface area contributed by atoms with E-state index in [0.29, 0.717) is 24.6 Å². The van der Waals surface area contributed by atoms with Gasteiger partial charge in [0.2, 0.25) is 5.91 Å². The van der Waals surface area contributed by atoms with E-state index in [2.05, 4.69) is 20.6 Å². The zero-order chi connectivity index (χ0) is 16.9. The first-order valence-electron chi connectivity index (χ1n) is 7.38. The van der Waals surface area contributed by atoms with Crippen LogP contribution in [-0.4, -0.2) is 52.2 Å². The van der Waals surface area contributed by atoms with Crippen LogP contribution in [0.25, 0.3) is 11.4 Å². The lowest BCUT2D eigenvalue weighted by Gasteiger charge is -2.25. The van der Waals surface area contributed by atoms with Crippen molar-refractivity contribution < 1.29 is 14.4 Å². The largest absolute Gasteiger partial charge is 0.353 e. The predicted molar refractivity (Wildman–Crippen MR) is 85.7 cm³/mol. The first-order chi connectivity index (χ1) is 11.6. The molecule has 2 N–H and O–H groups in total. The van der Waals surface area contributed by atoms with Crippen LogP contribution in [0.4, 0.5) is 5.69 Å². The first-order valence-corrected chi connectivity index (χ1v) is 7.38. The van der Waals surface area contributed by atoms with Gasteiger partial charge in [-0.1, -0.05) is 30.3 Å². The van der Waals surface area contributed by atoms with Crippen LogP contribution in [0.15, 0.2) is 42.7 Å². The molecule has 1 aliphatic heterocycles. The summed E-state index contributed by atoms with van der Waals surface area (Å²) in [5, 5.41) is 5.04. The fourth-order valence-corrected chi connectivity index (χ4v) is 2.27. The van der Waals surface area contributed by atoms with Gasteiger partial charge in [-0.05, 0) is 0 Å². The van der Waals surface area contributed by atoms with Crippen molar-refractivity contribution in [1.29, 1.82) is 0 Å². The number of rotatable bonds is 2. The number of hydrogen-bond acceptors (Lipinski definition) is 5. The fourth-order valence-electron chi connectivity index (χ4n) is 2.27. The third-order valence-electron chi connectivity index (χ3n) is 3.46. The van der Waals surface area contributed by atoms with E-state index in [1.54, 1.807) is 0 Å². The second kappa shape index (κ2) is 6.86. The topological polar surface area (TPSA) is 104 Å². The van der Waals surface area contributed by atoms with Gasteiger partial charge >= 0.3 is 11.8 Å². The summed E-state index contributed by atoms with van der Waals surface area (Å²) in [6, 6.07) is 9.39. The molecule has 0 radical (unpaired) electrons. The molecule has 1 aromatic carbocycles. The molecule has 1 fully saturated rings. The summed E-state index contributed by atoms with van der Waals surface area (Å²) in [6.07, 6.45) is 2.87. The molecule has 0 unspecified atom stereocenters. The zero-order valence-corrected chi connectivity index (χ0v) is 12.7. The Bertz CT molecular complexity index is 761. The van der Waals surface area contributed by atoms with Crippen molar-refractivity contribution in [2.45, 2.75) is 0 Å². The van der Waals surface area contributed by atoms with Crippen LogP contribution < -0.4 is 10.6 Å². The highest BCUT2D eigenvalue weighted by Gasteiger charge is 2.26. The number of carbonyl (C=O) groups excluding carboxylic acids is 3. The summed E-state index contributed by atoms with van der Waals surface area (Å²) in [6.45, 7) is 0.532. The minimum absolute atomic E-state index is 0.115. The molecule has 122 valence electrons. The van der Waals surface area contributed by atoms with Gasteiger partial charge in [0.25, 0.3) is 0 Å². The summed E-state index contributed by atoms with van der Waals surface area (Å²) >= 11 is 0. The Kier molecular flexibility index (Phi) is 4.46. The Morgan fingerprint density at radius 2 is 1.83 bits per heavy atom. The highest BCUT2D eigenvalue weighted by molar-refractivity contribution is 6.39. The lowest BCUT2D eigenvalue weighted by molar-refractivity contribution is -0.145. The molecule has 24 heavy (non-hydrogen) atoms. The lowest BCUT2D eigenvalue weighted by atomic mass is 10.2. The lowest BCUT2D eigenvalue weighted by Crippen LogP contribution is -2.52. The molecule has 8 heteroatoms. The third-order valence-corrected chi connectivity index (χ3v) is 3.46. The minimum atomic E-state index is -0.819. The van der Waals surface area contributed by atoms with Gasteiger partial charge in [0.05, 0.1) is 18.1 Å². The zero-order valence-electron chi connectivity index (χ0n) is 12.7. The van der Waals surface area contributed by atoms with Gasteiger partial charge in [0, 0.05) is 18.7 Å². The van der Waals surface area contributed by atoms with Gasteiger partial charge in [-0.25, -0.2) is 9.97 Å². The SMILES string of the molecule is O=C1CN(C(=O)C(=O)Nc2cnc(-c3ccccc3)nc2)CCN1. The molecule has 8 nitrogen and oxygen atoms in total. The molecule has 1 aliphatic rings. The van der Waals surface area contributed by atoms with Crippen LogP contribution in [0.2, 0.25) is 0 Å². The molecule has 0 saturated carbocycles. The second-order valence-corrected chi connectivity index (χ2v) is 5.19. The van der Waals surface area contributed by atoms with E-state index in [4.69, 9.17) is 0 Å². The molecule has 0 spiro atoms. The van der Waals surface area contributed by atoms with Crippen molar-refractivity contribution >= 4 is 23.4 Å². The first kappa shape index (κ1) is 15.6. The normalized spacial score (nSPS) is 14.0. The van der Waals surface area contributed by atoms with Crippen molar-refractivity contribution in [2.75, 3.05) is 25.0 Å². The van der Waals surface area contributed by atoms with E-state index in [9.17, 15) is 14.4 Å². The quantitative estimate of drug-likeness (QED) is 0.759. The van der Waals surface area contributed by atoms with Crippen LogP contribution in [0.3, 0.4) is 0 Å². The summed E-state index contributed by atoms with van der Waals surface area (Å²) in [7, 11) is 0. The number of anilines is 1. The van der Waals surface area contributed by atoms with Crippen molar-refractivity contribution in [2.24, 2.45) is 0 Å². The molecule has 0 aliphatic carbocycles. The molecule has 1 saturated heterocycles. The predicted octanol–water partition coefficient (Wildman–Crippen LogP) is 0.0405. The molecule has 3 rings (SSSR count). The number of piperazine rings is 1. The summed E-state index contributed by atoms with van der Waals surface area (Å²) in [4.78, 5) is 44.8. The van der Waals surface area contributed by atoms with E-state index in [0.717, 1.165) is 5.56 Å². The number of benzene rings is 1. The van der Waals surface area contributed by atoms with E-state index in [1.165, 1.54) is 17.3 Å². The van der Waals surface area contributed by atoms with Crippen LogP contribution in [-0.2, 0) is 14.4 Å². The number of nitrogens with zero attached hydrogens (tertiary/aromatic N) is 3. The average molecular weight is 325 g/mol. The molecular weight excluding hydrogens is 310 g/mol. The van der Waals surface area contributed by atoms with Gasteiger partial charge < -0.3 is 15.5 Å². The van der Waals surface area contributed by atoms with Crippen LogP contribution in [0, 0.1) is 0 Å². The maximum Gasteiger partial charge on any atom is 0.314 e. The Labute approximate surface area is 137 Å². The van der Waals surface area contributed by atoms with Crippen LogP contribution in [0.1, 0.15) is 0 Å². The minimum Gasteiger partial charge on any atom is -0.353 e. The van der Waals surface area contributed by atoms with Gasteiger partial charge in [-0.3, -0.25) is 14.4 Å². The van der Waals surface area contributed by atoms with Crippen molar-refractivity contribution in [3.05, 3.63) is 42.7 Å². The second-order valence-electron chi connectivity index (χ2n) is 5.19. The van der Waals surface area contributed by atoms with E-state index >= 15 is 0 Å². The number of amides is 3. The summed E-state index contributed by atoms with van der Waals surface area (Å²) in [5.41, 5.74) is 1.17. The van der Waals surface area contributed by atoms with Crippen LogP contribution >= 0.6 is 0 Å². The molecule has 1 aromatic heterocycles. The molecule has 0 atom stereocenters. The monoisotopic (exact) mass is 325 g/mol.